The molecule has 0 aliphatic rings. The van der Waals surface area contributed by atoms with Crippen molar-refractivity contribution < 1.29 is 0 Å². The number of nitrogens with one attached hydrogen (secondary N) is 1. The topological polar surface area (TPSA) is 29.9 Å². The molecule has 2 rings (SSSR count). The summed E-state index contributed by atoms with van der Waals surface area (Å²) in [5.41, 5.74) is 3.51. The van der Waals surface area contributed by atoms with E-state index in [9.17, 15) is 0 Å². The largest absolute Gasteiger partial charge is 0.331 e. The summed E-state index contributed by atoms with van der Waals surface area (Å²) in [6.07, 6.45) is 0.953. The van der Waals surface area contributed by atoms with Gasteiger partial charge in [0.2, 0.25) is 0 Å². The highest BCUT2D eigenvalue weighted by Crippen LogP contribution is 2.25. The molecule has 0 bridgehead atoms. The van der Waals surface area contributed by atoms with Gasteiger partial charge in [-0.2, -0.15) is 0 Å². The van der Waals surface area contributed by atoms with Crippen LogP contribution in [-0.2, 0) is 13.5 Å². The van der Waals surface area contributed by atoms with Crippen molar-refractivity contribution in [3.05, 3.63) is 28.0 Å². The maximum atomic E-state index is 4.73. The number of aromatic nitrogens is 2. The summed E-state index contributed by atoms with van der Waals surface area (Å²) in [5.74, 6) is 1.13. The van der Waals surface area contributed by atoms with Gasteiger partial charge in [0, 0.05) is 30.5 Å². The van der Waals surface area contributed by atoms with Crippen LogP contribution in [-0.4, -0.2) is 22.1 Å². The molecule has 3 nitrogen and oxygen atoms in total. The van der Waals surface area contributed by atoms with E-state index in [0.717, 1.165) is 28.8 Å². The minimum absolute atomic E-state index is 0.522. The van der Waals surface area contributed by atoms with Gasteiger partial charge in [0.1, 0.15) is 11.3 Å². The van der Waals surface area contributed by atoms with Crippen molar-refractivity contribution in [2.24, 2.45) is 7.05 Å². The average Bonchev–Trinajstić information content (AvgIpc) is 2.57. The Kier molecular flexibility index (Phi) is 4.07. The van der Waals surface area contributed by atoms with Crippen LogP contribution in [0.2, 0.25) is 0 Å². The molecular weight excluding hydrogens is 290 g/mol. The van der Waals surface area contributed by atoms with E-state index in [1.54, 1.807) is 0 Å². The second kappa shape index (κ2) is 5.41. The number of aryl methyl sites for hydroxylation is 2. The summed E-state index contributed by atoms with van der Waals surface area (Å²) < 4.78 is 3.27. The Hall–Kier alpha value is -0.870. The van der Waals surface area contributed by atoms with Gasteiger partial charge in [0.15, 0.2) is 0 Å². The van der Waals surface area contributed by atoms with Crippen molar-refractivity contribution in [3.8, 4) is 0 Å². The molecule has 0 amide bonds. The van der Waals surface area contributed by atoms with E-state index < -0.39 is 0 Å². The number of halogens is 1. The van der Waals surface area contributed by atoms with Gasteiger partial charge in [0.05, 0.1) is 5.52 Å². The molecule has 1 aromatic carbocycles. The lowest BCUT2D eigenvalue weighted by Gasteiger charge is -2.07. The van der Waals surface area contributed by atoms with Gasteiger partial charge in [-0.1, -0.05) is 13.8 Å². The molecule has 1 heterocycles. The fraction of sp³-hybridized carbons (Fsp3) is 0.500. The van der Waals surface area contributed by atoms with E-state index in [0.29, 0.717) is 6.04 Å². The second-order valence-electron chi connectivity index (χ2n) is 5.06. The van der Waals surface area contributed by atoms with Gasteiger partial charge < -0.3 is 9.88 Å². The molecule has 0 aliphatic heterocycles. The third kappa shape index (κ3) is 2.75. The molecule has 0 saturated heterocycles. The zero-order valence-corrected chi connectivity index (χ0v) is 13.0. The summed E-state index contributed by atoms with van der Waals surface area (Å²) in [5, 5.41) is 3.43. The molecule has 0 unspecified atom stereocenters. The van der Waals surface area contributed by atoms with Crippen molar-refractivity contribution in [1.29, 1.82) is 0 Å². The highest BCUT2D eigenvalue weighted by Gasteiger charge is 2.10. The first kappa shape index (κ1) is 13.6. The quantitative estimate of drug-likeness (QED) is 0.940. The van der Waals surface area contributed by atoms with Crippen molar-refractivity contribution >= 4 is 27.0 Å². The van der Waals surface area contributed by atoms with E-state index >= 15 is 0 Å². The average molecular weight is 310 g/mol. The van der Waals surface area contributed by atoms with Crippen LogP contribution in [0.1, 0.15) is 25.2 Å². The Labute approximate surface area is 117 Å². The van der Waals surface area contributed by atoms with Gasteiger partial charge in [0.25, 0.3) is 0 Å². The predicted octanol–water partition coefficient (Wildman–Crippen LogP) is 3.18. The highest BCUT2D eigenvalue weighted by molar-refractivity contribution is 9.10. The lowest BCUT2D eigenvalue weighted by molar-refractivity contribution is 0.578. The van der Waals surface area contributed by atoms with Crippen LogP contribution in [0.25, 0.3) is 11.0 Å². The van der Waals surface area contributed by atoms with E-state index in [1.807, 2.05) is 0 Å². The number of fused-ring (bicyclic) bond motifs is 1. The highest BCUT2D eigenvalue weighted by atomic mass is 79.9. The molecule has 18 heavy (non-hydrogen) atoms. The number of hydrogen-bond donors (Lipinski definition) is 1. The molecule has 1 aromatic heterocycles. The summed E-state index contributed by atoms with van der Waals surface area (Å²) in [6, 6.07) is 4.83. The number of nitrogens with zero attached hydrogens (tertiary/aromatic N) is 2. The van der Waals surface area contributed by atoms with Crippen LogP contribution in [0.3, 0.4) is 0 Å². The molecule has 4 heteroatoms. The van der Waals surface area contributed by atoms with Gasteiger partial charge in [-0.15, -0.1) is 0 Å². The third-order valence-corrected chi connectivity index (χ3v) is 3.68. The summed E-state index contributed by atoms with van der Waals surface area (Å²) in [4.78, 5) is 4.73. The van der Waals surface area contributed by atoms with E-state index in [2.05, 4.69) is 65.8 Å². The van der Waals surface area contributed by atoms with Crippen LogP contribution >= 0.6 is 15.9 Å². The van der Waals surface area contributed by atoms with Crippen molar-refractivity contribution in [1.82, 2.24) is 14.9 Å². The Morgan fingerprint density at radius 1 is 1.39 bits per heavy atom. The maximum Gasteiger partial charge on any atom is 0.110 e. The molecule has 0 atom stereocenters. The standard InChI is InChI=1S/C14H20BrN3/c1-9(2)16-6-5-13-17-14-11(15)7-10(3)8-12(14)18(13)4/h7-9,16H,5-6H2,1-4H3. The fourth-order valence-corrected chi connectivity index (χ4v) is 2.77. The van der Waals surface area contributed by atoms with Gasteiger partial charge >= 0.3 is 0 Å². The lowest BCUT2D eigenvalue weighted by Crippen LogP contribution is -2.25. The molecule has 0 saturated carbocycles. The first-order valence-electron chi connectivity index (χ1n) is 6.34. The Morgan fingerprint density at radius 3 is 2.78 bits per heavy atom. The third-order valence-electron chi connectivity index (χ3n) is 3.08. The van der Waals surface area contributed by atoms with Crippen LogP contribution < -0.4 is 5.32 Å². The second-order valence-corrected chi connectivity index (χ2v) is 5.91. The van der Waals surface area contributed by atoms with Crippen LogP contribution in [0.4, 0.5) is 0 Å². The molecule has 0 aliphatic carbocycles. The minimum atomic E-state index is 0.522. The normalized spacial score (nSPS) is 11.7. The zero-order chi connectivity index (χ0) is 13.3. The van der Waals surface area contributed by atoms with Crippen molar-refractivity contribution in [2.75, 3.05) is 6.54 Å². The number of benzene rings is 1. The van der Waals surface area contributed by atoms with Crippen LogP contribution in [0.15, 0.2) is 16.6 Å². The molecule has 98 valence electrons. The van der Waals surface area contributed by atoms with Crippen molar-refractivity contribution in [2.45, 2.75) is 33.2 Å². The first-order valence-corrected chi connectivity index (χ1v) is 7.13. The summed E-state index contributed by atoms with van der Waals surface area (Å²) in [7, 11) is 2.09. The monoisotopic (exact) mass is 309 g/mol. The summed E-state index contributed by atoms with van der Waals surface area (Å²) >= 11 is 3.60. The number of hydrogen-bond acceptors (Lipinski definition) is 2. The van der Waals surface area contributed by atoms with E-state index in [1.165, 1.54) is 11.1 Å². The minimum Gasteiger partial charge on any atom is -0.331 e. The van der Waals surface area contributed by atoms with E-state index in [-0.39, 0.29) is 0 Å². The van der Waals surface area contributed by atoms with Crippen LogP contribution in [0.5, 0.6) is 0 Å². The van der Waals surface area contributed by atoms with E-state index in [4.69, 9.17) is 4.98 Å². The Balaban J connectivity index is 2.30. The van der Waals surface area contributed by atoms with Gasteiger partial charge in [-0.25, -0.2) is 4.98 Å². The summed E-state index contributed by atoms with van der Waals surface area (Å²) in [6.45, 7) is 7.40. The predicted molar refractivity (Wildman–Crippen MR) is 80.0 cm³/mol. The molecular formula is C14H20BrN3. The maximum absolute atomic E-state index is 4.73. The molecule has 0 radical (unpaired) electrons. The first-order chi connectivity index (χ1) is 8.49. The Bertz CT molecular complexity index is 558. The number of imidazole rings is 1. The smallest absolute Gasteiger partial charge is 0.110 e. The lowest BCUT2D eigenvalue weighted by atomic mass is 10.2. The van der Waals surface area contributed by atoms with Crippen LogP contribution in [0, 0.1) is 6.92 Å². The van der Waals surface area contributed by atoms with Gasteiger partial charge in [-0.3, -0.25) is 0 Å². The SMILES string of the molecule is Cc1cc(Br)c2nc(CCNC(C)C)n(C)c2c1. The Morgan fingerprint density at radius 2 is 2.11 bits per heavy atom. The van der Waals surface area contributed by atoms with Gasteiger partial charge in [-0.05, 0) is 40.5 Å². The zero-order valence-electron chi connectivity index (χ0n) is 11.4. The molecule has 0 fully saturated rings. The molecule has 2 aromatic rings. The van der Waals surface area contributed by atoms with Crippen molar-refractivity contribution in [3.63, 3.8) is 0 Å². The fourth-order valence-electron chi connectivity index (χ4n) is 2.12. The number of rotatable bonds is 4. The molecule has 0 spiro atoms. The molecule has 1 N–H and O–H groups in total.